The number of rotatable bonds is 4. The first-order chi connectivity index (χ1) is 11.2. The lowest BCUT2D eigenvalue weighted by Gasteiger charge is -2.34. The van der Waals surface area contributed by atoms with E-state index in [9.17, 15) is 4.79 Å². The Bertz CT molecular complexity index is 633. The van der Waals surface area contributed by atoms with Crippen molar-refractivity contribution in [3.8, 4) is 0 Å². The van der Waals surface area contributed by atoms with Crippen molar-refractivity contribution in [1.29, 1.82) is 0 Å². The molecule has 3 rings (SSSR count). The number of furan rings is 1. The van der Waals surface area contributed by atoms with Gasteiger partial charge in [0.25, 0.3) is 0 Å². The fourth-order valence-corrected chi connectivity index (χ4v) is 2.83. The van der Waals surface area contributed by atoms with Gasteiger partial charge >= 0.3 is 6.03 Å². The third-order valence-electron chi connectivity index (χ3n) is 4.19. The summed E-state index contributed by atoms with van der Waals surface area (Å²) < 4.78 is 10.8. The predicted molar refractivity (Wildman–Crippen MR) is 88.3 cm³/mol. The second-order valence-corrected chi connectivity index (χ2v) is 5.80. The summed E-state index contributed by atoms with van der Waals surface area (Å²) in [7, 11) is 0. The maximum Gasteiger partial charge on any atom is 0.322 e. The Morgan fingerprint density at radius 2 is 2.00 bits per heavy atom. The van der Waals surface area contributed by atoms with Crippen molar-refractivity contribution in [3.63, 3.8) is 0 Å². The van der Waals surface area contributed by atoms with Gasteiger partial charge in [-0.15, -0.1) is 0 Å². The van der Waals surface area contributed by atoms with E-state index in [1.54, 1.807) is 6.26 Å². The summed E-state index contributed by atoms with van der Waals surface area (Å²) in [4.78, 5) is 14.7. The molecule has 0 bridgehead atoms. The van der Waals surface area contributed by atoms with Gasteiger partial charge in [0, 0.05) is 24.9 Å². The number of carbonyl (C=O) groups is 1. The lowest BCUT2D eigenvalue weighted by molar-refractivity contribution is 0.0443. The van der Waals surface area contributed by atoms with Crippen LogP contribution in [0.1, 0.15) is 24.2 Å². The van der Waals surface area contributed by atoms with Gasteiger partial charge in [0.1, 0.15) is 5.76 Å². The fraction of sp³-hybridized carbons (Fsp3) is 0.389. The van der Waals surface area contributed by atoms with Gasteiger partial charge in [-0.2, -0.15) is 0 Å². The SMILES string of the molecule is Cc1ccccc1NC(=O)N(Cc1ccco1)C1CCOCC1. The quantitative estimate of drug-likeness (QED) is 0.934. The molecule has 2 aromatic rings. The van der Waals surface area contributed by atoms with E-state index in [4.69, 9.17) is 9.15 Å². The van der Waals surface area contributed by atoms with E-state index in [-0.39, 0.29) is 12.1 Å². The highest BCUT2D eigenvalue weighted by atomic mass is 16.5. The minimum atomic E-state index is -0.0948. The van der Waals surface area contributed by atoms with Gasteiger partial charge in [-0.1, -0.05) is 18.2 Å². The molecule has 1 aliphatic rings. The predicted octanol–water partition coefficient (Wildman–Crippen LogP) is 3.80. The van der Waals surface area contributed by atoms with Crippen molar-refractivity contribution in [3.05, 3.63) is 54.0 Å². The Morgan fingerprint density at radius 1 is 1.22 bits per heavy atom. The van der Waals surface area contributed by atoms with Crippen LogP contribution in [0.3, 0.4) is 0 Å². The van der Waals surface area contributed by atoms with Gasteiger partial charge < -0.3 is 19.4 Å². The molecule has 0 saturated carbocycles. The molecule has 122 valence electrons. The molecule has 23 heavy (non-hydrogen) atoms. The number of anilines is 1. The Hall–Kier alpha value is -2.27. The largest absolute Gasteiger partial charge is 0.467 e. The van der Waals surface area contributed by atoms with Crippen LogP contribution in [0.4, 0.5) is 10.5 Å². The first-order valence-corrected chi connectivity index (χ1v) is 7.97. The van der Waals surface area contributed by atoms with Gasteiger partial charge in [0.15, 0.2) is 0 Å². The van der Waals surface area contributed by atoms with Crippen molar-refractivity contribution in [2.45, 2.75) is 32.4 Å². The average Bonchev–Trinajstić information content (AvgIpc) is 3.09. The number of hydrogen-bond donors (Lipinski definition) is 1. The van der Waals surface area contributed by atoms with Gasteiger partial charge in [0.05, 0.1) is 12.8 Å². The summed E-state index contributed by atoms with van der Waals surface area (Å²) in [6.07, 6.45) is 3.33. The Kier molecular flexibility index (Phi) is 4.98. The highest BCUT2D eigenvalue weighted by Gasteiger charge is 2.27. The lowest BCUT2D eigenvalue weighted by atomic mass is 10.1. The van der Waals surface area contributed by atoms with E-state index >= 15 is 0 Å². The fourth-order valence-electron chi connectivity index (χ4n) is 2.83. The number of carbonyl (C=O) groups excluding carboxylic acids is 1. The molecule has 0 radical (unpaired) electrons. The third-order valence-corrected chi connectivity index (χ3v) is 4.19. The lowest BCUT2D eigenvalue weighted by Crippen LogP contribution is -2.45. The number of urea groups is 1. The zero-order valence-electron chi connectivity index (χ0n) is 13.3. The molecule has 1 N–H and O–H groups in total. The number of amides is 2. The summed E-state index contributed by atoms with van der Waals surface area (Å²) in [5.74, 6) is 0.788. The molecule has 1 saturated heterocycles. The Morgan fingerprint density at radius 3 is 2.70 bits per heavy atom. The van der Waals surface area contributed by atoms with Crippen LogP contribution in [0.25, 0.3) is 0 Å². The molecular weight excluding hydrogens is 292 g/mol. The smallest absolute Gasteiger partial charge is 0.322 e. The zero-order chi connectivity index (χ0) is 16.1. The van der Waals surface area contributed by atoms with Crippen LogP contribution < -0.4 is 5.32 Å². The second kappa shape index (κ2) is 7.33. The summed E-state index contributed by atoms with van der Waals surface area (Å²) in [5, 5.41) is 3.02. The first-order valence-electron chi connectivity index (χ1n) is 7.97. The first kappa shape index (κ1) is 15.6. The van der Waals surface area contributed by atoms with Crippen molar-refractivity contribution >= 4 is 11.7 Å². The molecule has 2 amide bonds. The molecule has 1 aliphatic heterocycles. The number of benzene rings is 1. The average molecular weight is 314 g/mol. The van der Waals surface area contributed by atoms with E-state index in [0.29, 0.717) is 19.8 Å². The topological polar surface area (TPSA) is 54.7 Å². The van der Waals surface area contributed by atoms with E-state index in [1.165, 1.54) is 0 Å². The van der Waals surface area contributed by atoms with Crippen molar-refractivity contribution in [2.75, 3.05) is 18.5 Å². The molecule has 5 heteroatoms. The van der Waals surface area contributed by atoms with Crippen LogP contribution in [-0.4, -0.2) is 30.2 Å². The van der Waals surface area contributed by atoms with Crippen LogP contribution in [0.5, 0.6) is 0 Å². The van der Waals surface area contributed by atoms with E-state index in [2.05, 4.69) is 5.32 Å². The molecule has 0 spiro atoms. The molecule has 0 aliphatic carbocycles. The standard InChI is InChI=1S/C18H22N2O3/c1-14-5-2-3-7-17(14)19-18(21)20(13-16-6-4-10-23-16)15-8-11-22-12-9-15/h2-7,10,15H,8-9,11-13H2,1H3,(H,19,21). The van der Waals surface area contributed by atoms with E-state index in [0.717, 1.165) is 29.9 Å². The molecule has 1 aromatic heterocycles. The van der Waals surface area contributed by atoms with Gasteiger partial charge in [-0.25, -0.2) is 4.79 Å². The highest BCUT2D eigenvalue weighted by Crippen LogP contribution is 2.21. The van der Waals surface area contributed by atoms with Crippen LogP contribution in [0, 0.1) is 6.92 Å². The minimum Gasteiger partial charge on any atom is -0.467 e. The number of hydrogen-bond acceptors (Lipinski definition) is 3. The number of ether oxygens (including phenoxy) is 1. The summed E-state index contributed by atoms with van der Waals surface area (Å²) in [6.45, 7) is 3.84. The van der Waals surface area contributed by atoms with Crippen LogP contribution >= 0.6 is 0 Å². The number of aryl methyl sites for hydroxylation is 1. The van der Waals surface area contributed by atoms with E-state index < -0.39 is 0 Å². The highest BCUT2D eigenvalue weighted by molar-refractivity contribution is 5.90. The maximum absolute atomic E-state index is 12.8. The van der Waals surface area contributed by atoms with Crippen LogP contribution in [-0.2, 0) is 11.3 Å². The molecule has 2 heterocycles. The molecule has 0 unspecified atom stereocenters. The van der Waals surface area contributed by atoms with Gasteiger partial charge in [-0.3, -0.25) is 0 Å². The number of nitrogens with zero attached hydrogens (tertiary/aromatic N) is 1. The monoisotopic (exact) mass is 314 g/mol. The van der Waals surface area contributed by atoms with Crippen LogP contribution in [0.2, 0.25) is 0 Å². The molecule has 5 nitrogen and oxygen atoms in total. The molecule has 1 aromatic carbocycles. The normalized spacial score (nSPS) is 15.3. The number of para-hydroxylation sites is 1. The number of nitrogens with one attached hydrogen (secondary N) is 1. The molecule has 0 atom stereocenters. The maximum atomic E-state index is 12.8. The van der Waals surface area contributed by atoms with Crippen LogP contribution in [0.15, 0.2) is 47.1 Å². The van der Waals surface area contributed by atoms with Gasteiger partial charge in [-0.05, 0) is 43.5 Å². The summed E-state index contributed by atoms with van der Waals surface area (Å²) in [5.41, 5.74) is 1.89. The minimum absolute atomic E-state index is 0.0948. The van der Waals surface area contributed by atoms with Crippen molar-refractivity contribution in [2.24, 2.45) is 0 Å². The third kappa shape index (κ3) is 3.93. The van der Waals surface area contributed by atoms with Crippen molar-refractivity contribution in [1.82, 2.24) is 4.90 Å². The summed E-state index contributed by atoms with van der Waals surface area (Å²) >= 11 is 0. The molecular formula is C18H22N2O3. The second-order valence-electron chi connectivity index (χ2n) is 5.80. The Balaban J connectivity index is 1.76. The van der Waals surface area contributed by atoms with E-state index in [1.807, 2.05) is 48.2 Å². The van der Waals surface area contributed by atoms with Gasteiger partial charge in [0.2, 0.25) is 0 Å². The van der Waals surface area contributed by atoms with Crippen molar-refractivity contribution < 1.29 is 13.9 Å². The Labute approximate surface area is 136 Å². The molecule has 1 fully saturated rings. The summed E-state index contributed by atoms with van der Waals surface area (Å²) in [6, 6.07) is 11.6. The zero-order valence-corrected chi connectivity index (χ0v) is 13.3.